The highest BCUT2D eigenvalue weighted by Crippen LogP contribution is 2.60. The number of hydrogen-bond acceptors (Lipinski definition) is 4. The molecule has 0 spiro atoms. The molecule has 5 aliphatic rings. The molecule has 1 heterocycles. The average molecular weight is 439 g/mol. The third kappa shape index (κ3) is 3.82. The lowest BCUT2D eigenvalue weighted by atomic mass is 9.49. The molecule has 6 rings (SSSR count). The summed E-state index contributed by atoms with van der Waals surface area (Å²) in [4.78, 5) is 40.7. The van der Waals surface area contributed by atoms with Crippen LogP contribution in [0.25, 0.3) is 0 Å². The van der Waals surface area contributed by atoms with Crippen molar-refractivity contribution in [3.8, 4) is 0 Å². The second-order valence-electron chi connectivity index (χ2n) is 10.7. The highest BCUT2D eigenvalue weighted by molar-refractivity contribution is 5.98. The SMILES string of the molecule is C[C@H](NC(=O)C12CC3CC(CC(C3)C1)C2)C(=O)O[C@@H](C)C(=O)N1CCCc2ccccc21. The van der Waals surface area contributed by atoms with Crippen molar-refractivity contribution in [2.24, 2.45) is 23.2 Å². The summed E-state index contributed by atoms with van der Waals surface area (Å²) in [5.41, 5.74) is 1.74. The molecule has 1 aromatic rings. The number of anilines is 1. The van der Waals surface area contributed by atoms with Crippen LogP contribution >= 0.6 is 0 Å². The van der Waals surface area contributed by atoms with Crippen molar-refractivity contribution in [1.29, 1.82) is 0 Å². The van der Waals surface area contributed by atoms with E-state index in [1.807, 2.05) is 24.3 Å². The Morgan fingerprint density at radius 2 is 1.66 bits per heavy atom. The van der Waals surface area contributed by atoms with E-state index in [-0.39, 0.29) is 17.2 Å². The van der Waals surface area contributed by atoms with Gasteiger partial charge in [-0.25, -0.2) is 4.79 Å². The van der Waals surface area contributed by atoms with Gasteiger partial charge in [0.15, 0.2) is 6.10 Å². The van der Waals surface area contributed by atoms with Crippen LogP contribution in [0.4, 0.5) is 5.69 Å². The Hall–Kier alpha value is -2.37. The van der Waals surface area contributed by atoms with Crippen molar-refractivity contribution < 1.29 is 19.1 Å². The Balaban J connectivity index is 1.19. The van der Waals surface area contributed by atoms with Gasteiger partial charge in [0.05, 0.1) is 0 Å². The van der Waals surface area contributed by atoms with Crippen molar-refractivity contribution in [3.05, 3.63) is 29.8 Å². The number of para-hydroxylation sites is 1. The number of nitrogens with one attached hydrogen (secondary N) is 1. The summed E-state index contributed by atoms with van der Waals surface area (Å²) in [5.74, 6) is 1.24. The second-order valence-corrected chi connectivity index (χ2v) is 10.7. The molecule has 4 bridgehead atoms. The zero-order valence-corrected chi connectivity index (χ0v) is 19.1. The topological polar surface area (TPSA) is 75.7 Å². The fourth-order valence-corrected chi connectivity index (χ4v) is 7.11. The molecule has 0 aromatic heterocycles. The molecule has 0 unspecified atom stereocenters. The van der Waals surface area contributed by atoms with Gasteiger partial charge in [-0.2, -0.15) is 0 Å². The van der Waals surface area contributed by atoms with Crippen LogP contribution in [0.5, 0.6) is 0 Å². The molecule has 2 atom stereocenters. The number of nitrogens with zero attached hydrogens (tertiary/aromatic N) is 1. The third-order valence-electron chi connectivity index (χ3n) is 8.24. The normalized spacial score (nSPS) is 32.1. The number of rotatable bonds is 5. The van der Waals surface area contributed by atoms with Crippen LogP contribution in [0, 0.1) is 23.2 Å². The molecule has 0 saturated heterocycles. The second kappa shape index (κ2) is 8.20. The molecular formula is C26H34N2O4. The minimum absolute atomic E-state index is 0.00462. The highest BCUT2D eigenvalue weighted by atomic mass is 16.5. The summed E-state index contributed by atoms with van der Waals surface area (Å²) >= 11 is 0. The molecule has 4 aliphatic carbocycles. The maximum atomic E-state index is 13.2. The number of fused-ring (bicyclic) bond motifs is 1. The summed E-state index contributed by atoms with van der Waals surface area (Å²) in [7, 11) is 0. The minimum atomic E-state index is -0.896. The van der Waals surface area contributed by atoms with Crippen LogP contribution in [0.1, 0.15) is 64.4 Å². The number of benzene rings is 1. The minimum Gasteiger partial charge on any atom is -0.451 e. The van der Waals surface area contributed by atoms with E-state index in [4.69, 9.17) is 4.74 Å². The Bertz CT molecular complexity index is 891. The number of carbonyl (C=O) groups excluding carboxylic acids is 3. The van der Waals surface area contributed by atoms with Gasteiger partial charge < -0.3 is 15.0 Å². The molecule has 6 nitrogen and oxygen atoms in total. The fourth-order valence-electron chi connectivity index (χ4n) is 7.11. The fraction of sp³-hybridized carbons (Fsp3) is 0.654. The summed E-state index contributed by atoms with van der Waals surface area (Å²) in [6, 6.07) is 7.11. The van der Waals surface area contributed by atoms with Crippen LogP contribution in [-0.2, 0) is 25.5 Å². The van der Waals surface area contributed by atoms with E-state index in [1.54, 1.807) is 18.7 Å². The lowest BCUT2D eigenvalue weighted by molar-refractivity contribution is -0.159. The molecular weight excluding hydrogens is 404 g/mol. The van der Waals surface area contributed by atoms with Gasteiger partial charge in [-0.15, -0.1) is 0 Å². The zero-order valence-electron chi connectivity index (χ0n) is 19.1. The smallest absolute Gasteiger partial charge is 0.329 e. The molecule has 32 heavy (non-hydrogen) atoms. The first-order valence-electron chi connectivity index (χ1n) is 12.3. The molecule has 4 fully saturated rings. The van der Waals surface area contributed by atoms with Crippen molar-refractivity contribution in [2.45, 2.75) is 77.4 Å². The molecule has 2 amide bonds. The number of carbonyl (C=O) groups is 3. The molecule has 172 valence electrons. The number of hydrogen-bond donors (Lipinski definition) is 1. The van der Waals surface area contributed by atoms with Gasteiger partial charge in [-0.05, 0) is 94.6 Å². The van der Waals surface area contributed by atoms with Gasteiger partial charge in [0.25, 0.3) is 5.91 Å². The first-order valence-corrected chi connectivity index (χ1v) is 12.3. The van der Waals surface area contributed by atoms with Crippen LogP contribution in [-0.4, -0.2) is 36.5 Å². The van der Waals surface area contributed by atoms with E-state index >= 15 is 0 Å². The van der Waals surface area contributed by atoms with Gasteiger partial charge in [0.1, 0.15) is 6.04 Å². The third-order valence-corrected chi connectivity index (χ3v) is 8.24. The predicted molar refractivity (Wildman–Crippen MR) is 121 cm³/mol. The van der Waals surface area contributed by atoms with Gasteiger partial charge >= 0.3 is 5.97 Å². The van der Waals surface area contributed by atoms with Gasteiger partial charge in [0.2, 0.25) is 5.91 Å². The summed E-state index contributed by atoms with van der Waals surface area (Å²) in [5, 5.41) is 2.94. The zero-order chi connectivity index (χ0) is 22.5. The van der Waals surface area contributed by atoms with Crippen molar-refractivity contribution in [1.82, 2.24) is 5.32 Å². The van der Waals surface area contributed by atoms with E-state index in [2.05, 4.69) is 5.32 Å². The first-order chi connectivity index (χ1) is 15.3. The van der Waals surface area contributed by atoms with Crippen molar-refractivity contribution in [2.75, 3.05) is 11.4 Å². The Morgan fingerprint density at radius 1 is 1.03 bits per heavy atom. The van der Waals surface area contributed by atoms with Crippen LogP contribution in [0.3, 0.4) is 0 Å². The maximum absolute atomic E-state index is 13.2. The van der Waals surface area contributed by atoms with Gasteiger partial charge in [0, 0.05) is 17.6 Å². The van der Waals surface area contributed by atoms with Crippen LogP contribution in [0.2, 0.25) is 0 Å². The lowest BCUT2D eigenvalue weighted by Crippen LogP contribution is -2.56. The summed E-state index contributed by atoms with van der Waals surface area (Å²) in [6.45, 7) is 3.90. The maximum Gasteiger partial charge on any atom is 0.329 e. The molecule has 1 N–H and O–H groups in total. The number of aryl methyl sites for hydroxylation is 1. The largest absolute Gasteiger partial charge is 0.451 e. The van der Waals surface area contributed by atoms with E-state index < -0.39 is 18.1 Å². The monoisotopic (exact) mass is 438 g/mol. The Labute approximate surface area is 190 Å². The molecule has 4 saturated carbocycles. The predicted octanol–water partition coefficient (Wildman–Crippen LogP) is 3.62. The Morgan fingerprint density at radius 3 is 2.31 bits per heavy atom. The average Bonchev–Trinajstić information content (AvgIpc) is 2.77. The first kappa shape index (κ1) is 21.5. The number of ether oxygens (including phenoxy) is 1. The Kier molecular flexibility index (Phi) is 5.50. The van der Waals surface area contributed by atoms with Gasteiger partial charge in [-0.3, -0.25) is 9.59 Å². The van der Waals surface area contributed by atoms with Crippen LogP contribution < -0.4 is 10.2 Å². The van der Waals surface area contributed by atoms with Crippen molar-refractivity contribution >= 4 is 23.5 Å². The number of esters is 1. The van der Waals surface area contributed by atoms with Crippen LogP contribution in [0.15, 0.2) is 24.3 Å². The van der Waals surface area contributed by atoms with Gasteiger partial charge in [-0.1, -0.05) is 18.2 Å². The molecule has 1 aromatic carbocycles. The summed E-state index contributed by atoms with van der Waals surface area (Å²) in [6.07, 6.45) is 7.60. The number of amides is 2. The summed E-state index contributed by atoms with van der Waals surface area (Å²) < 4.78 is 5.52. The highest BCUT2D eigenvalue weighted by Gasteiger charge is 2.54. The van der Waals surface area contributed by atoms with E-state index in [0.29, 0.717) is 24.3 Å². The van der Waals surface area contributed by atoms with Crippen molar-refractivity contribution in [3.63, 3.8) is 0 Å². The molecule has 6 heteroatoms. The van der Waals surface area contributed by atoms with E-state index in [9.17, 15) is 14.4 Å². The van der Waals surface area contributed by atoms with E-state index in [0.717, 1.165) is 43.4 Å². The van der Waals surface area contributed by atoms with E-state index in [1.165, 1.54) is 19.3 Å². The lowest BCUT2D eigenvalue weighted by Gasteiger charge is -2.55. The molecule has 0 radical (unpaired) electrons. The standard InChI is InChI=1S/C26H34N2O4/c1-16(27-25(31)26-13-18-10-19(14-26)12-20(11-18)15-26)24(30)32-17(2)23(29)28-9-5-7-21-6-3-4-8-22(21)28/h3-4,6,8,16-20H,5,7,9-15H2,1-2H3,(H,27,31)/t16-,17-,18?,19?,20?,26?/m0/s1. The molecule has 1 aliphatic heterocycles. The quantitative estimate of drug-likeness (QED) is 0.713.